The Bertz CT molecular complexity index is 908. The normalized spacial score (nSPS) is 11.4. The van der Waals surface area contributed by atoms with E-state index < -0.39 is 22.5 Å². The zero-order valence-electron chi connectivity index (χ0n) is 14.5. The molecule has 2 aromatic rings. The third kappa shape index (κ3) is 4.14. The summed E-state index contributed by atoms with van der Waals surface area (Å²) in [7, 11) is -4.15. The van der Waals surface area contributed by atoms with Crippen LogP contribution in [-0.2, 0) is 27.7 Å². The monoisotopic (exact) mass is 414 g/mol. The molecule has 0 bridgehead atoms. The molecule has 0 aliphatic carbocycles. The van der Waals surface area contributed by atoms with E-state index in [0.717, 1.165) is 15.4 Å². The molecule has 0 saturated heterocycles. The number of nitrogens with zero attached hydrogens (tertiary/aromatic N) is 1. The van der Waals surface area contributed by atoms with Gasteiger partial charge in [-0.05, 0) is 42.2 Å². The zero-order valence-corrected chi connectivity index (χ0v) is 16.8. The van der Waals surface area contributed by atoms with Crippen molar-refractivity contribution in [3.05, 3.63) is 57.6 Å². The number of benzene rings is 2. The third-order valence-electron chi connectivity index (χ3n) is 3.98. The van der Waals surface area contributed by atoms with Gasteiger partial charge in [0.2, 0.25) is 5.91 Å². The largest absolute Gasteiger partial charge is 0.368 e. The number of amides is 1. The van der Waals surface area contributed by atoms with Crippen LogP contribution in [0.2, 0.25) is 10.0 Å². The fourth-order valence-electron chi connectivity index (χ4n) is 2.75. The molecule has 0 radical (unpaired) electrons. The van der Waals surface area contributed by atoms with E-state index in [1.807, 2.05) is 32.0 Å². The Morgan fingerprint density at radius 1 is 1.08 bits per heavy atom. The third-order valence-corrected chi connectivity index (χ3v) is 6.44. The SMILES string of the molecule is CCc1cccc(CC)c1N(CC(N)=O)S(=O)(=O)c1cc(Cl)ccc1Cl. The van der Waals surface area contributed by atoms with E-state index in [9.17, 15) is 13.2 Å². The predicted octanol–water partition coefficient (Wildman–Crippen LogP) is 3.80. The lowest BCUT2D eigenvalue weighted by molar-refractivity contribution is -0.116. The molecule has 140 valence electrons. The van der Waals surface area contributed by atoms with Gasteiger partial charge in [-0.3, -0.25) is 9.10 Å². The number of anilines is 1. The molecule has 0 aliphatic heterocycles. The van der Waals surface area contributed by atoms with Crippen molar-refractivity contribution < 1.29 is 13.2 Å². The summed E-state index contributed by atoms with van der Waals surface area (Å²) in [6.07, 6.45) is 1.19. The first-order chi connectivity index (χ1) is 12.2. The molecule has 0 fully saturated rings. The Balaban J connectivity index is 2.77. The van der Waals surface area contributed by atoms with E-state index in [4.69, 9.17) is 28.9 Å². The molecule has 0 aromatic heterocycles. The van der Waals surface area contributed by atoms with E-state index in [0.29, 0.717) is 18.5 Å². The lowest BCUT2D eigenvalue weighted by atomic mass is 10.0. The highest BCUT2D eigenvalue weighted by molar-refractivity contribution is 7.93. The Hall–Kier alpha value is -1.76. The highest BCUT2D eigenvalue weighted by atomic mass is 35.5. The molecule has 0 atom stereocenters. The average molecular weight is 415 g/mol. The topological polar surface area (TPSA) is 80.5 Å². The second-order valence-electron chi connectivity index (χ2n) is 5.68. The predicted molar refractivity (Wildman–Crippen MR) is 105 cm³/mol. The fourth-order valence-corrected chi connectivity index (χ4v) is 5.00. The van der Waals surface area contributed by atoms with Crippen molar-refractivity contribution in [2.45, 2.75) is 31.6 Å². The maximum atomic E-state index is 13.4. The number of hydrogen-bond acceptors (Lipinski definition) is 3. The number of carbonyl (C=O) groups is 1. The highest BCUT2D eigenvalue weighted by Gasteiger charge is 2.31. The lowest BCUT2D eigenvalue weighted by Crippen LogP contribution is -2.39. The molecule has 8 heteroatoms. The van der Waals surface area contributed by atoms with Gasteiger partial charge in [0.15, 0.2) is 0 Å². The van der Waals surface area contributed by atoms with E-state index in [-0.39, 0.29) is 14.9 Å². The molecular formula is C18H20Cl2N2O3S. The van der Waals surface area contributed by atoms with Crippen molar-refractivity contribution in [3.8, 4) is 0 Å². The Morgan fingerprint density at radius 3 is 2.15 bits per heavy atom. The number of aryl methyl sites for hydroxylation is 2. The summed E-state index contributed by atoms with van der Waals surface area (Å²) < 4.78 is 27.7. The van der Waals surface area contributed by atoms with Gasteiger partial charge in [0.1, 0.15) is 11.4 Å². The minimum atomic E-state index is -4.15. The molecule has 26 heavy (non-hydrogen) atoms. The first-order valence-corrected chi connectivity index (χ1v) is 10.3. The van der Waals surface area contributed by atoms with Crippen molar-refractivity contribution >= 4 is 44.8 Å². The molecular weight excluding hydrogens is 395 g/mol. The minimum absolute atomic E-state index is 0.0240. The van der Waals surface area contributed by atoms with Crippen LogP contribution in [0.5, 0.6) is 0 Å². The van der Waals surface area contributed by atoms with Gasteiger partial charge in [0, 0.05) is 5.02 Å². The smallest absolute Gasteiger partial charge is 0.266 e. The fraction of sp³-hybridized carbons (Fsp3) is 0.278. The van der Waals surface area contributed by atoms with Gasteiger partial charge in [0.05, 0.1) is 10.7 Å². The number of para-hydroxylation sites is 1. The number of primary amides is 1. The Labute approximate surface area is 163 Å². The highest BCUT2D eigenvalue weighted by Crippen LogP contribution is 2.34. The van der Waals surface area contributed by atoms with Crippen LogP contribution in [0.3, 0.4) is 0 Å². The average Bonchev–Trinajstić information content (AvgIpc) is 2.60. The molecule has 0 saturated carbocycles. The summed E-state index contributed by atoms with van der Waals surface area (Å²) in [5, 5.41) is 0.252. The van der Waals surface area contributed by atoms with Gasteiger partial charge >= 0.3 is 0 Å². The summed E-state index contributed by atoms with van der Waals surface area (Å²) in [6, 6.07) is 9.70. The van der Waals surface area contributed by atoms with Gasteiger partial charge in [-0.1, -0.05) is 55.2 Å². The summed E-state index contributed by atoms with van der Waals surface area (Å²) in [4.78, 5) is 11.5. The van der Waals surface area contributed by atoms with Gasteiger partial charge in [0.25, 0.3) is 10.0 Å². The first-order valence-electron chi connectivity index (χ1n) is 8.09. The van der Waals surface area contributed by atoms with Crippen LogP contribution in [0, 0.1) is 0 Å². The number of nitrogens with two attached hydrogens (primary N) is 1. The Morgan fingerprint density at radius 2 is 1.65 bits per heavy atom. The number of rotatable bonds is 7. The Kier molecular flexibility index (Phi) is 6.55. The van der Waals surface area contributed by atoms with Crippen LogP contribution in [0.15, 0.2) is 41.3 Å². The second kappa shape index (κ2) is 8.29. The molecule has 1 amide bonds. The van der Waals surface area contributed by atoms with Crippen LogP contribution < -0.4 is 10.0 Å². The van der Waals surface area contributed by atoms with E-state index in [1.165, 1.54) is 18.2 Å². The van der Waals surface area contributed by atoms with Crippen molar-refractivity contribution in [1.82, 2.24) is 0 Å². The van der Waals surface area contributed by atoms with Crippen LogP contribution in [0.25, 0.3) is 0 Å². The van der Waals surface area contributed by atoms with E-state index in [2.05, 4.69) is 0 Å². The van der Waals surface area contributed by atoms with E-state index in [1.54, 1.807) is 0 Å². The van der Waals surface area contributed by atoms with Crippen molar-refractivity contribution in [1.29, 1.82) is 0 Å². The summed E-state index contributed by atoms with van der Waals surface area (Å²) >= 11 is 12.1. The zero-order chi connectivity index (χ0) is 19.5. The number of hydrogen-bond donors (Lipinski definition) is 1. The number of halogens is 2. The standard InChI is InChI=1S/C18H20Cl2N2O3S/c1-3-12-6-5-7-13(4-2)18(12)22(11-17(21)23)26(24,25)16-10-14(19)8-9-15(16)20/h5-10H,3-4,11H2,1-2H3,(H2,21,23). The first kappa shape index (κ1) is 20.6. The van der Waals surface area contributed by atoms with Crippen molar-refractivity contribution in [3.63, 3.8) is 0 Å². The van der Waals surface area contributed by atoms with Crippen LogP contribution in [0.4, 0.5) is 5.69 Å². The van der Waals surface area contributed by atoms with Crippen molar-refractivity contribution in [2.24, 2.45) is 5.73 Å². The molecule has 2 rings (SSSR count). The molecule has 2 N–H and O–H groups in total. The number of carbonyl (C=O) groups excluding carboxylic acids is 1. The van der Waals surface area contributed by atoms with Crippen LogP contribution in [0.1, 0.15) is 25.0 Å². The molecule has 0 aliphatic rings. The summed E-state index contributed by atoms with van der Waals surface area (Å²) in [5.41, 5.74) is 7.41. The molecule has 0 unspecified atom stereocenters. The summed E-state index contributed by atoms with van der Waals surface area (Å²) in [6.45, 7) is 3.34. The van der Waals surface area contributed by atoms with Crippen LogP contribution in [-0.4, -0.2) is 20.9 Å². The van der Waals surface area contributed by atoms with Gasteiger partial charge in [-0.2, -0.15) is 0 Å². The quantitative estimate of drug-likeness (QED) is 0.747. The maximum Gasteiger partial charge on any atom is 0.266 e. The van der Waals surface area contributed by atoms with Crippen molar-refractivity contribution in [2.75, 3.05) is 10.8 Å². The molecule has 2 aromatic carbocycles. The molecule has 0 heterocycles. The molecule has 0 spiro atoms. The second-order valence-corrected chi connectivity index (χ2v) is 8.36. The summed E-state index contributed by atoms with van der Waals surface area (Å²) in [5.74, 6) is -0.764. The maximum absolute atomic E-state index is 13.4. The van der Waals surface area contributed by atoms with Gasteiger partial charge < -0.3 is 5.73 Å². The van der Waals surface area contributed by atoms with Gasteiger partial charge in [-0.25, -0.2) is 8.42 Å². The lowest BCUT2D eigenvalue weighted by Gasteiger charge is -2.28. The number of sulfonamides is 1. The van der Waals surface area contributed by atoms with E-state index >= 15 is 0 Å². The van der Waals surface area contributed by atoms with Gasteiger partial charge in [-0.15, -0.1) is 0 Å². The minimum Gasteiger partial charge on any atom is -0.368 e. The van der Waals surface area contributed by atoms with Crippen LogP contribution >= 0.6 is 23.2 Å². The molecule has 5 nitrogen and oxygen atoms in total.